The van der Waals surface area contributed by atoms with E-state index in [9.17, 15) is 14.7 Å². The van der Waals surface area contributed by atoms with E-state index < -0.39 is 12.6 Å². The van der Waals surface area contributed by atoms with Gasteiger partial charge in [0.1, 0.15) is 12.4 Å². The van der Waals surface area contributed by atoms with E-state index >= 15 is 0 Å². The Hall–Kier alpha value is -3.18. The number of carboxylic acids is 1. The maximum atomic E-state index is 13.2. The molecule has 4 rings (SSSR count). The molecule has 0 saturated heterocycles. The van der Waals surface area contributed by atoms with Crippen LogP contribution in [0.4, 0.5) is 0 Å². The van der Waals surface area contributed by atoms with Crippen LogP contribution in [0.25, 0.3) is 22.3 Å². The fourth-order valence-electron chi connectivity index (χ4n) is 3.47. The molecule has 0 aliphatic carbocycles. The van der Waals surface area contributed by atoms with Crippen LogP contribution in [-0.2, 0) is 4.79 Å². The monoisotopic (exact) mass is 430 g/mol. The number of ether oxygens (including phenoxy) is 1. The van der Waals surface area contributed by atoms with Crippen LogP contribution in [0.15, 0.2) is 103 Å². The van der Waals surface area contributed by atoms with E-state index in [-0.39, 0.29) is 35.3 Å². The fourth-order valence-corrected chi connectivity index (χ4v) is 3.47. The van der Waals surface area contributed by atoms with Gasteiger partial charge in [-0.3, -0.25) is 4.79 Å². The van der Waals surface area contributed by atoms with E-state index in [0.717, 1.165) is 11.1 Å². The zero-order chi connectivity index (χ0) is 21.6. The Balaban J connectivity index is 0.00000289. The van der Waals surface area contributed by atoms with Crippen molar-refractivity contribution in [1.29, 1.82) is 0 Å². The summed E-state index contributed by atoms with van der Waals surface area (Å²) in [6.45, 7) is -0.592. The molecule has 0 amide bonds. The summed E-state index contributed by atoms with van der Waals surface area (Å²) in [5.41, 5.74) is 3.98. The Morgan fingerprint density at radius 2 is 1.09 bits per heavy atom. The summed E-state index contributed by atoms with van der Waals surface area (Å²) in [4.78, 5) is 24.4. The molecule has 0 saturated carbocycles. The molecular weight excluding hydrogens is 411 g/mol. The molecule has 0 fully saturated rings. The van der Waals surface area contributed by atoms with Crippen molar-refractivity contribution in [2.24, 2.45) is 0 Å². The van der Waals surface area contributed by atoms with Crippen LogP contribution in [0.1, 0.15) is 15.9 Å². The Morgan fingerprint density at radius 1 is 0.656 bits per heavy atom. The van der Waals surface area contributed by atoms with Gasteiger partial charge in [-0.2, -0.15) is 0 Å². The Bertz CT molecular complexity index is 1150. The van der Waals surface area contributed by atoms with Crippen LogP contribution in [0, 0.1) is 0 Å². The van der Waals surface area contributed by atoms with Crippen LogP contribution >= 0.6 is 0 Å². The van der Waals surface area contributed by atoms with E-state index in [0.29, 0.717) is 28.0 Å². The normalized spacial score (nSPS) is 10.1. The Kier molecular flexibility index (Phi) is 8.01. The first-order valence-electron chi connectivity index (χ1n) is 9.85. The van der Waals surface area contributed by atoms with Gasteiger partial charge in [-0.05, 0) is 23.3 Å². The molecule has 4 aromatic rings. The van der Waals surface area contributed by atoms with Gasteiger partial charge in [0.2, 0.25) is 0 Å². The number of hydrogen-bond donors (Lipinski definition) is 0. The van der Waals surface area contributed by atoms with Crippen molar-refractivity contribution in [3.05, 3.63) is 114 Å². The van der Waals surface area contributed by atoms with Gasteiger partial charge in [-0.25, -0.2) is 0 Å². The second-order valence-electron chi connectivity index (χ2n) is 6.99. The molecule has 0 radical (unpaired) electrons. The van der Waals surface area contributed by atoms with E-state index in [1.165, 1.54) is 0 Å². The molecule has 0 bridgehead atoms. The molecule has 4 aromatic carbocycles. The molecule has 152 valence electrons. The molecule has 32 heavy (non-hydrogen) atoms. The molecular formula is C27H19NaO4. The summed E-state index contributed by atoms with van der Waals surface area (Å²) in [7, 11) is 0. The van der Waals surface area contributed by atoms with Crippen LogP contribution < -0.4 is 39.4 Å². The van der Waals surface area contributed by atoms with Crippen molar-refractivity contribution in [1.82, 2.24) is 0 Å². The predicted molar refractivity (Wildman–Crippen MR) is 118 cm³/mol. The van der Waals surface area contributed by atoms with Crippen molar-refractivity contribution in [2.45, 2.75) is 0 Å². The number of ketones is 1. The molecule has 0 N–H and O–H groups in total. The third-order valence-electron chi connectivity index (χ3n) is 4.89. The van der Waals surface area contributed by atoms with Gasteiger partial charge in [0.15, 0.2) is 5.78 Å². The average Bonchev–Trinajstić information content (AvgIpc) is 2.83. The number of aliphatic carboxylic acids is 1. The molecule has 0 spiro atoms. The minimum atomic E-state index is -1.32. The van der Waals surface area contributed by atoms with Crippen molar-refractivity contribution in [3.8, 4) is 28.0 Å². The topological polar surface area (TPSA) is 66.4 Å². The van der Waals surface area contributed by atoms with Crippen molar-refractivity contribution in [3.63, 3.8) is 0 Å². The summed E-state index contributed by atoms with van der Waals surface area (Å²) in [5.74, 6) is -1.05. The first-order valence-corrected chi connectivity index (χ1v) is 9.85. The summed E-state index contributed by atoms with van der Waals surface area (Å²) >= 11 is 0. The van der Waals surface area contributed by atoms with Crippen molar-refractivity contribution >= 4 is 11.8 Å². The molecule has 0 aliphatic rings. The molecule has 0 aromatic heterocycles. The third-order valence-corrected chi connectivity index (χ3v) is 4.89. The van der Waals surface area contributed by atoms with E-state index in [1.54, 1.807) is 24.3 Å². The predicted octanol–water partition coefficient (Wildman–Crippen LogP) is 1.38. The fraction of sp³-hybridized carbons (Fsp3) is 0.0370. The summed E-state index contributed by atoms with van der Waals surface area (Å²) in [5, 5.41) is 11.1. The first-order chi connectivity index (χ1) is 15.1. The number of carboxylic acid groups (broad SMARTS) is 1. The van der Waals surface area contributed by atoms with Crippen LogP contribution in [0.3, 0.4) is 0 Å². The number of carbonyl (C=O) groups excluding carboxylic acids is 2. The van der Waals surface area contributed by atoms with Crippen LogP contribution in [0.2, 0.25) is 0 Å². The van der Waals surface area contributed by atoms with E-state index in [4.69, 9.17) is 4.74 Å². The van der Waals surface area contributed by atoms with E-state index in [1.807, 2.05) is 78.9 Å². The minimum Gasteiger partial charge on any atom is -0.546 e. The van der Waals surface area contributed by atoms with Crippen LogP contribution in [0.5, 0.6) is 5.75 Å². The van der Waals surface area contributed by atoms with Crippen LogP contribution in [-0.4, -0.2) is 18.4 Å². The molecule has 0 unspecified atom stereocenters. The van der Waals surface area contributed by atoms with Crippen molar-refractivity contribution in [2.75, 3.05) is 6.61 Å². The van der Waals surface area contributed by atoms with Gasteiger partial charge in [-0.15, -0.1) is 0 Å². The second kappa shape index (κ2) is 10.9. The Labute approximate surface area is 208 Å². The zero-order valence-corrected chi connectivity index (χ0v) is 19.7. The maximum Gasteiger partial charge on any atom is 1.00 e. The van der Waals surface area contributed by atoms with E-state index in [2.05, 4.69) is 0 Å². The van der Waals surface area contributed by atoms with Gasteiger partial charge in [0.25, 0.3) is 0 Å². The Morgan fingerprint density at radius 3 is 1.53 bits per heavy atom. The number of rotatable bonds is 7. The third kappa shape index (κ3) is 5.35. The molecule has 0 heterocycles. The molecule has 5 heteroatoms. The summed E-state index contributed by atoms with van der Waals surface area (Å²) in [6.07, 6.45) is 0. The second-order valence-corrected chi connectivity index (χ2v) is 6.99. The summed E-state index contributed by atoms with van der Waals surface area (Å²) < 4.78 is 5.71. The number of carbonyl (C=O) groups is 2. The quantitative estimate of drug-likeness (QED) is 0.328. The first kappa shape index (κ1) is 23.5. The van der Waals surface area contributed by atoms with Gasteiger partial charge >= 0.3 is 29.6 Å². The minimum absolute atomic E-state index is 0. The standard InChI is InChI=1S/C27H20O4.Na/c28-25(29)18-31-27-23(19-10-4-1-5-11-19)16-22(26(30)21-14-8-3-9-15-21)17-24(27)20-12-6-2-7-13-20;/h1-17H,18H2,(H,28,29);/q;+1/p-1. The van der Waals surface area contributed by atoms with Gasteiger partial charge in [0.05, 0.1) is 5.97 Å². The number of benzene rings is 4. The molecule has 4 nitrogen and oxygen atoms in total. The van der Waals surface area contributed by atoms with Gasteiger partial charge in [0, 0.05) is 22.3 Å². The summed E-state index contributed by atoms with van der Waals surface area (Å²) in [6, 6.07) is 31.4. The smallest absolute Gasteiger partial charge is 0.546 e. The molecule has 0 aliphatic heterocycles. The van der Waals surface area contributed by atoms with Gasteiger partial charge in [-0.1, -0.05) is 91.0 Å². The largest absolute Gasteiger partial charge is 1.00 e. The van der Waals surface area contributed by atoms with Gasteiger partial charge < -0.3 is 14.6 Å². The SMILES string of the molecule is O=C([O-])COc1c(-c2ccccc2)cc(C(=O)c2ccccc2)cc1-c1ccccc1.[Na+]. The zero-order valence-electron chi connectivity index (χ0n) is 17.7. The molecule has 0 atom stereocenters. The average molecular weight is 430 g/mol. The maximum absolute atomic E-state index is 13.2. The number of hydrogen-bond acceptors (Lipinski definition) is 4. The van der Waals surface area contributed by atoms with Crippen molar-refractivity contribution < 1.29 is 49.0 Å².